The van der Waals surface area contributed by atoms with Gasteiger partial charge in [-0.3, -0.25) is 14.5 Å². The van der Waals surface area contributed by atoms with E-state index in [4.69, 9.17) is 13.9 Å². The molecule has 2 aliphatic heterocycles. The molecule has 1 saturated heterocycles. The SMILES string of the molecule is O=C(CN1CCN(C(=O)c2ccco2)CC1)Nc1ccc2c(c1)OC1(CCCCC1)O2. The van der Waals surface area contributed by atoms with Gasteiger partial charge in [0.2, 0.25) is 5.91 Å². The molecule has 1 spiro atoms. The van der Waals surface area contributed by atoms with Crippen LogP contribution in [0.25, 0.3) is 0 Å². The lowest BCUT2D eigenvalue weighted by Gasteiger charge is -2.33. The van der Waals surface area contributed by atoms with Crippen molar-refractivity contribution >= 4 is 17.5 Å². The Bertz CT molecular complexity index is 944. The molecule has 8 nitrogen and oxygen atoms in total. The number of ether oxygens (including phenoxy) is 2. The Morgan fingerprint density at radius 3 is 2.48 bits per heavy atom. The van der Waals surface area contributed by atoms with E-state index in [0.717, 1.165) is 31.4 Å². The van der Waals surface area contributed by atoms with E-state index < -0.39 is 5.79 Å². The van der Waals surface area contributed by atoms with E-state index in [1.165, 1.54) is 12.7 Å². The molecule has 8 heteroatoms. The van der Waals surface area contributed by atoms with Crippen molar-refractivity contribution in [3.63, 3.8) is 0 Å². The van der Waals surface area contributed by atoms with Crippen molar-refractivity contribution in [3.8, 4) is 11.5 Å². The average molecular weight is 425 g/mol. The summed E-state index contributed by atoms with van der Waals surface area (Å²) in [6, 6.07) is 8.94. The summed E-state index contributed by atoms with van der Waals surface area (Å²) >= 11 is 0. The van der Waals surface area contributed by atoms with Gasteiger partial charge in [-0.1, -0.05) is 6.42 Å². The normalized spacial score (nSPS) is 20.1. The monoisotopic (exact) mass is 425 g/mol. The number of nitrogens with zero attached hydrogens (tertiary/aromatic N) is 2. The molecule has 1 N–H and O–H groups in total. The number of hydrogen-bond donors (Lipinski definition) is 1. The van der Waals surface area contributed by atoms with Gasteiger partial charge in [0.05, 0.1) is 12.8 Å². The number of amides is 2. The van der Waals surface area contributed by atoms with Crippen LogP contribution in [-0.2, 0) is 4.79 Å². The van der Waals surface area contributed by atoms with Crippen LogP contribution in [0.1, 0.15) is 42.7 Å². The Morgan fingerprint density at radius 1 is 0.968 bits per heavy atom. The second kappa shape index (κ2) is 8.26. The van der Waals surface area contributed by atoms with Crippen molar-refractivity contribution in [2.24, 2.45) is 0 Å². The minimum atomic E-state index is -0.518. The molecule has 2 fully saturated rings. The Labute approximate surface area is 181 Å². The van der Waals surface area contributed by atoms with Gasteiger partial charge >= 0.3 is 0 Å². The highest BCUT2D eigenvalue weighted by atomic mass is 16.7. The molecule has 2 aromatic rings. The summed E-state index contributed by atoms with van der Waals surface area (Å²) < 4.78 is 17.4. The third kappa shape index (κ3) is 4.25. The smallest absolute Gasteiger partial charge is 0.289 e. The molecule has 0 atom stereocenters. The van der Waals surface area contributed by atoms with Crippen LogP contribution in [0.3, 0.4) is 0 Å². The van der Waals surface area contributed by atoms with Gasteiger partial charge in [-0.15, -0.1) is 0 Å². The Kier molecular flexibility index (Phi) is 5.31. The molecule has 5 rings (SSSR count). The number of rotatable bonds is 4. The first-order chi connectivity index (χ1) is 15.1. The highest BCUT2D eigenvalue weighted by Gasteiger charge is 2.42. The Balaban J connectivity index is 1.12. The van der Waals surface area contributed by atoms with E-state index in [1.807, 2.05) is 23.1 Å². The highest BCUT2D eigenvalue weighted by Crippen LogP contribution is 2.46. The molecule has 2 amide bonds. The molecular formula is C23H27N3O5. The van der Waals surface area contributed by atoms with E-state index >= 15 is 0 Å². The molecule has 3 heterocycles. The first-order valence-corrected chi connectivity index (χ1v) is 11.0. The number of piperazine rings is 1. The number of carbonyl (C=O) groups excluding carboxylic acids is 2. The van der Waals surface area contributed by atoms with Crippen molar-refractivity contribution in [2.75, 3.05) is 38.0 Å². The van der Waals surface area contributed by atoms with Crippen LogP contribution in [0.15, 0.2) is 41.0 Å². The zero-order chi connectivity index (χ0) is 21.3. The fourth-order valence-corrected chi connectivity index (χ4v) is 4.53. The first kappa shape index (κ1) is 19.9. The number of nitrogens with one attached hydrogen (secondary N) is 1. The molecular weight excluding hydrogens is 398 g/mol. The van der Waals surface area contributed by atoms with Gasteiger partial charge in [-0.25, -0.2) is 0 Å². The Hall–Kier alpha value is -3.00. The maximum absolute atomic E-state index is 12.6. The number of anilines is 1. The average Bonchev–Trinajstić information content (AvgIpc) is 3.42. The second-order valence-electron chi connectivity index (χ2n) is 8.43. The second-order valence-corrected chi connectivity index (χ2v) is 8.43. The molecule has 0 unspecified atom stereocenters. The fraction of sp³-hybridized carbons (Fsp3) is 0.478. The van der Waals surface area contributed by atoms with Crippen molar-refractivity contribution in [1.82, 2.24) is 9.80 Å². The lowest BCUT2D eigenvalue weighted by Crippen LogP contribution is -2.50. The van der Waals surface area contributed by atoms with Crippen LogP contribution in [0, 0.1) is 0 Å². The van der Waals surface area contributed by atoms with Crippen LogP contribution < -0.4 is 14.8 Å². The van der Waals surface area contributed by atoms with E-state index in [1.54, 1.807) is 17.0 Å². The van der Waals surface area contributed by atoms with Crippen LogP contribution >= 0.6 is 0 Å². The van der Waals surface area contributed by atoms with Crippen LogP contribution in [0.5, 0.6) is 11.5 Å². The van der Waals surface area contributed by atoms with E-state index in [2.05, 4.69) is 5.32 Å². The van der Waals surface area contributed by atoms with Crippen molar-refractivity contribution < 1.29 is 23.5 Å². The molecule has 1 aromatic heterocycles. The predicted octanol–water partition coefficient (Wildman–Crippen LogP) is 3.11. The van der Waals surface area contributed by atoms with E-state index in [-0.39, 0.29) is 18.4 Å². The number of hydrogen-bond acceptors (Lipinski definition) is 6. The maximum Gasteiger partial charge on any atom is 0.289 e. The molecule has 0 bridgehead atoms. The summed E-state index contributed by atoms with van der Waals surface area (Å²) in [5.74, 6) is 1.09. The van der Waals surface area contributed by atoms with Gasteiger partial charge in [0.1, 0.15) is 0 Å². The molecule has 164 valence electrons. The molecule has 31 heavy (non-hydrogen) atoms. The minimum absolute atomic E-state index is 0.0861. The van der Waals surface area contributed by atoms with Gasteiger partial charge in [0.15, 0.2) is 17.3 Å². The quantitative estimate of drug-likeness (QED) is 0.810. The van der Waals surface area contributed by atoms with Crippen molar-refractivity contribution in [2.45, 2.75) is 37.9 Å². The number of furan rings is 1. The van der Waals surface area contributed by atoms with Crippen molar-refractivity contribution in [1.29, 1.82) is 0 Å². The zero-order valence-corrected chi connectivity index (χ0v) is 17.5. The largest absolute Gasteiger partial charge is 0.459 e. The fourth-order valence-electron chi connectivity index (χ4n) is 4.53. The third-order valence-corrected chi connectivity index (χ3v) is 6.19. The molecule has 1 aromatic carbocycles. The van der Waals surface area contributed by atoms with Gasteiger partial charge < -0.3 is 24.1 Å². The van der Waals surface area contributed by atoms with Gasteiger partial charge in [-0.05, 0) is 37.1 Å². The lowest BCUT2D eigenvalue weighted by atomic mass is 9.94. The number of fused-ring (bicyclic) bond motifs is 1. The summed E-state index contributed by atoms with van der Waals surface area (Å²) in [6.07, 6.45) is 6.74. The molecule has 0 radical (unpaired) electrons. The first-order valence-electron chi connectivity index (χ1n) is 11.0. The maximum atomic E-state index is 12.6. The summed E-state index contributed by atoms with van der Waals surface area (Å²) in [5.41, 5.74) is 0.701. The third-order valence-electron chi connectivity index (χ3n) is 6.19. The zero-order valence-electron chi connectivity index (χ0n) is 17.5. The van der Waals surface area contributed by atoms with Crippen LogP contribution in [-0.4, -0.2) is 60.1 Å². The van der Waals surface area contributed by atoms with E-state index in [0.29, 0.717) is 43.4 Å². The van der Waals surface area contributed by atoms with Crippen molar-refractivity contribution in [3.05, 3.63) is 42.4 Å². The topological polar surface area (TPSA) is 84.3 Å². The van der Waals surface area contributed by atoms with E-state index in [9.17, 15) is 9.59 Å². The highest BCUT2D eigenvalue weighted by molar-refractivity contribution is 5.93. The number of carbonyl (C=O) groups is 2. The molecule has 1 saturated carbocycles. The van der Waals surface area contributed by atoms with Gasteiger partial charge in [0, 0.05) is 50.8 Å². The summed E-state index contributed by atoms with van der Waals surface area (Å²) in [7, 11) is 0. The lowest BCUT2D eigenvalue weighted by molar-refractivity contribution is -0.117. The molecule has 1 aliphatic carbocycles. The Morgan fingerprint density at radius 2 is 1.74 bits per heavy atom. The van der Waals surface area contributed by atoms with Crippen LogP contribution in [0.2, 0.25) is 0 Å². The van der Waals surface area contributed by atoms with Gasteiger partial charge in [-0.2, -0.15) is 0 Å². The summed E-state index contributed by atoms with van der Waals surface area (Å²) in [5, 5.41) is 2.95. The predicted molar refractivity (Wildman–Crippen MR) is 113 cm³/mol. The summed E-state index contributed by atoms with van der Waals surface area (Å²) in [6.45, 7) is 2.70. The molecule has 3 aliphatic rings. The summed E-state index contributed by atoms with van der Waals surface area (Å²) in [4.78, 5) is 28.7. The minimum Gasteiger partial charge on any atom is -0.459 e. The van der Waals surface area contributed by atoms with Gasteiger partial charge in [0.25, 0.3) is 11.7 Å². The van der Waals surface area contributed by atoms with Crippen LogP contribution in [0.4, 0.5) is 5.69 Å². The number of benzene rings is 1. The standard InChI is InChI=1S/C23H27N3O5/c27-21(16-25-10-12-26(13-11-25)22(28)19-5-4-14-29-19)24-17-6-7-18-20(15-17)31-23(30-18)8-2-1-3-9-23/h4-7,14-15H,1-3,8-13,16H2,(H,24,27).